The van der Waals surface area contributed by atoms with E-state index in [2.05, 4.69) is 41.4 Å². The van der Waals surface area contributed by atoms with E-state index in [0.29, 0.717) is 19.5 Å². The topological polar surface area (TPSA) is 66.1 Å². The Morgan fingerprint density at radius 3 is 2.69 bits per heavy atom. The summed E-state index contributed by atoms with van der Waals surface area (Å²) in [6, 6.07) is 8.38. The number of nitrogens with zero attached hydrogens (tertiary/aromatic N) is 2. The van der Waals surface area contributed by atoms with Gasteiger partial charge in [0, 0.05) is 36.7 Å². The minimum Gasteiger partial charge on any atom is -0.335 e. The summed E-state index contributed by atoms with van der Waals surface area (Å²) in [7, 11) is 0. The Balaban J connectivity index is 1.76. The van der Waals surface area contributed by atoms with E-state index in [9.17, 15) is 9.59 Å². The van der Waals surface area contributed by atoms with Crippen LogP contribution in [0.25, 0.3) is 11.1 Å². The van der Waals surface area contributed by atoms with E-state index in [0.717, 1.165) is 29.7 Å². The van der Waals surface area contributed by atoms with E-state index in [1.54, 1.807) is 4.90 Å². The van der Waals surface area contributed by atoms with Crippen molar-refractivity contribution in [3.05, 3.63) is 41.7 Å². The van der Waals surface area contributed by atoms with Gasteiger partial charge in [0.1, 0.15) is 0 Å². The quantitative estimate of drug-likeness (QED) is 0.834. The zero-order chi connectivity index (χ0) is 18.7. The van der Waals surface area contributed by atoms with Crippen molar-refractivity contribution in [1.29, 1.82) is 0 Å². The highest BCUT2D eigenvalue weighted by Crippen LogP contribution is 2.33. The van der Waals surface area contributed by atoms with E-state index >= 15 is 0 Å². The molecular weight excluding hydrogens is 326 g/mol. The predicted molar refractivity (Wildman–Crippen MR) is 102 cm³/mol. The monoisotopic (exact) mass is 353 g/mol. The fourth-order valence-electron chi connectivity index (χ4n) is 3.60. The maximum atomic E-state index is 12.5. The molecule has 1 aliphatic rings. The number of amides is 1. The van der Waals surface area contributed by atoms with Crippen LogP contribution < -0.4 is 0 Å². The van der Waals surface area contributed by atoms with E-state index in [4.69, 9.17) is 0 Å². The average Bonchev–Trinajstić information content (AvgIpc) is 3.11. The number of ketones is 1. The molecule has 3 rings (SSSR count). The van der Waals surface area contributed by atoms with Gasteiger partial charge in [-0.25, -0.2) is 0 Å². The average molecular weight is 353 g/mol. The molecule has 2 heterocycles. The number of aryl methyl sites for hydroxylation is 1. The number of carbonyl (C=O) groups is 2. The minimum absolute atomic E-state index is 0.179. The van der Waals surface area contributed by atoms with E-state index in [1.165, 1.54) is 5.56 Å². The second-order valence-electron chi connectivity index (χ2n) is 7.67. The van der Waals surface area contributed by atoms with Crippen LogP contribution in [0.3, 0.4) is 0 Å². The summed E-state index contributed by atoms with van der Waals surface area (Å²) in [5, 5.41) is 7.38. The number of hydrogen-bond donors (Lipinski definition) is 1. The van der Waals surface area contributed by atoms with Gasteiger partial charge in [0.15, 0.2) is 0 Å². The summed E-state index contributed by atoms with van der Waals surface area (Å²) in [4.78, 5) is 26.4. The molecule has 0 spiro atoms. The van der Waals surface area contributed by atoms with E-state index < -0.39 is 0 Å². The Morgan fingerprint density at radius 2 is 2.00 bits per heavy atom. The molecule has 0 bridgehead atoms. The van der Waals surface area contributed by atoms with Crippen LogP contribution in [0.1, 0.15) is 50.3 Å². The highest BCUT2D eigenvalue weighted by atomic mass is 16.2. The summed E-state index contributed by atoms with van der Waals surface area (Å²) < 4.78 is 0. The number of aromatic nitrogens is 2. The zero-order valence-electron chi connectivity index (χ0n) is 15.8. The van der Waals surface area contributed by atoms with Gasteiger partial charge in [-0.05, 0) is 31.2 Å². The Hall–Kier alpha value is -2.43. The molecule has 26 heavy (non-hydrogen) atoms. The molecule has 138 valence electrons. The first-order chi connectivity index (χ1) is 12.5. The molecule has 1 saturated heterocycles. The molecule has 0 radical (unpaired) electrons. The number of rotatable bonds is 5. The van der Waals surface area contributed by atoms with Crippen LogP contribution in [0.15, 0.2) is 30.5 Å². The molecule has 1 fully saturated rings. The maximum absolute atomic E-state index is 12.5. The Labute approximate surface area is 154 Å². The molecule has 0 aliphatic carbocycles. The molecule has 0 saturated carbocycles. The standard InChI is InChI=1S/C21H27N3O2/c1-14(2)11-19(25)21(26)24-10-4-5-17(13-24)20-18(12-22-23-20)16-8-6-15(3)7-9-16/h6-9,12,14,17H,4-5,10-11,13H2,1-3H3,(H,22,23)/t17-/m0/s1. The number of benzene rings is 1. The summed E-state index contributed by atoms with van der Waals surface area (Å²) in [5.41, 5.74) is 4.48. The third-order valence-corrected chi connectivity index (χ3v) is 4.98. The van der Waals surface area contributed by atoms with Crippen LogP contribution in [-0.4, -0.2) is 39.9 Å². The molecule has 5 heteroatoms. The lowest BCUT2D eigenvalue weighted by atomic mass is 9.90. The molecule has 2 aromatic rings. The molecule has 1 aromatic carbocycles. The van der Waals surface area contributed by atoms with Crippen molar-refractivity contribution in [2.45, 2.75) is 46.0 Å². The second kappa shape index (κ2) is 7.85. The minimum atomic E-state index is -0.334. The van der Waals surface area contributed by atoms with Crippen LogP contribution in [0.2, 0.25) is 0 Å². The highest BCUT2D eigenvalue weighted by Gasteiger charge is 2.30. The van der Waals surface area contributed by atoms with Crippen molar-refractivity contribution in [3.8, 4) is 11.1 Å². The third-order valence-electron chi connectivity index (χ3n) is 4.98. The van der Waals surface area contributed by atoms with E-state index in [1.807, 2.05) is 20.0 Å². The number of nitrogens with one attached hydrogen (secondary N) is 1. The van der Waals surface area contributed by atoms with Crippen LogP contribution in [-0.2, 0) is 9.59 Å². The molecule has 1 amide bonds. The SMILES string of the molecule is Cc1ccc(-c2cn[nH]c2[C@H]2CCCN(C(=O)C(=O)CC(C)C)C2)cc1. The summed E-state index contributed by atoms with van der Waals surface area (Å²) in [6.07, 6.45) is 4.06. The first-order valence-corrected chi connectivity index (χ1v) is 9.38. The summed E-state index contributed by atoms with van der Waals surface area (Å²) in [5.74, 6) is -0.227. The molecule has 1 atom stereocenters. The van der Waals surface area contributed by atoms with Crippen LogP contribution in [0, 0.1) is 12.8 Å². The van der Waals surface area contributed by atoms with Gasteiger partial charge in [0.25, 0.3) is 5.91 Å². The van der Waals surface area contributed by atoms with Crippen molar-refractivity contribution in [2.75, 3.05) is 13.1 Å². The Kier molecular flexibility index (Phi) is 5.55. The first-order valence-electron chi connectivity index (χ1n) is 9.38. The normalized spacial score (nSPS) is 17.5. The third kappa shape index (κ3) is 4.03. The number of likely N-dealkylation sites (tertiary alicyclic amines) is 1. The number of piperidine rings is 1. The fourth-order valence-corrected chi connectivity index (χ4v) is 3.60. The van der Waals surface area contributed by atoms with Crippen molar-refractivity contribution in [1.82, 2.24) is 15.1 Å². The van der Waals surface area contributed by atoms with Crippen LogP contribution >= 0.6 is 0 Å². The number of aromatic amines is 1. The largest absolute Gasteiger partial charge is 0.335 e. The van der Waals surface area contributed by atoms with Gasteiger partial charge in [-0.1, -0.05) is 43.7 Å². The molecule has 1 aromatic heterocycles. The number of hydrogen-bond acceptors (Lipinski definition) is 3. The summed E-state index contributed by atoms with van der Waals surface area (Å²) >= 11 is 0. The van der Waals surface area contributed by atoms with Crippen molar-refractivity contribution in [3.63, 3.8) is 0 Å². The van der Waals surface area contributed by atoms with Gasteiger partial charge in [-0.3, -0.25) is 14.7 Å². The van der Waals surface area contributed by atoms with Crippen molar-refractivity contribution < 1.29 is 9.59 Å². The van der Waals surface area contributed by atoms with E-state index in [-0.39, 0.29) is 23.5 Å². The van der Waals surface area contributed by atoms with Crippen molar-refractivity contribution >= 4 is 11.7 Å². The maximum Gasteiger partial charge on any atom is 0.289 e. The molecule has 5 nitrogen and oxygen atoms in total. The molecule has 0 unspecified atom stereocenters. The first kappa shape index (κ1) is 18.4. The number of Topliss-reactive ketones (excluding diaryl/α,β-unsaturated/α-hetero) is 1. The second-order valence-corrected chi connectivity index (χ2v) is 7.67. The van der Waals surface area contributed by atoms with Gasteiger partial charge in [0.2, 0.25) is 5.78 Å². The highest BCUT2D eigenvalue weighted by molar-refractivity contribution is 6.36. The molecule has 1 aliphatic heterocycles. The fraction of sp³-hybridized carbons (Fsp3) is 0.476. The predicted octanol–water partition coefficient (Wildman–Crippen LogP) is 3.71. The smallest absolute Gasteiger partial charge is 0.289 e. The van der Waals surface area contributed by atoms with Gasteiger partial charge in [-0.2, -0.15) is 5.10 Å². The van der Waals surface area contributed by atoms with Crippen LogP contribution in [0.4, 0.5) is 0 Å². The van der Waals surface area contributed by atoms with Gasteiger partial charge in [0.05, 0.1) is 6.20 Å². The van der Waals surface area contributed by atoms with Crippen molar-refractivity contribution in [2.24, 2.45) is 5.92 Å². The van der Waals surface area contributed by atoms with Gasteiger partial charge < -0.3 is 4.90 Å². The lowest BCUT2D eigenvalue weighted by Gasteiger charge is -2.32. The van der Waals surface area contributed by atoms with Gasteiger partial charge >= 0.3 is 0 Å². The molecule has 1 N–H and O–H groups in total. The van der Waals surface area contributed by atoms with Gasteiger partial charge in [-0.15, -0.1) is 0 Å². The Bertz CT molecular complexity index is 777. The Morgan fingerprint density at radius 1 is 1.27 bits per heavy atom. The lowest BCUT2D eigenvalue weighted by Crippen LogP contribution is -2.43. The number of carbonyl (C=O) groups excluding carboxylic acids is 2. The summed E-state index contributed by atoms with van der Waals surface area (Å²) in [6.45, 7) is 7.22. The number of H-pyrrole nitrogens is 1. The lowest BCUT2D eigenvalue weighted by molar-refractivity contribution is -0.145. The zero-order valence-corrected chi connectivity index (χ0v) is 15.8. The van der Waals surface area contributed by atoms with Crippen LogP contribution in [0.5, 0.6) is 0 Å². The molecular formula is C21H27N3O2.